The number of unbranched alkanes of at least 4 members (excludes halogenated alkanes) is 1. The fourth-order valence-corrected chi connectivity index (χ4v) is 3.85. The Balaban J connectivity index is 1.81. The number of carbonyl (C=O) groups is 1. The molecular weight excluding hydrogens is 368 g/mol. The average Bonchev–Trinajstić information content (AvgIpc) is 3.22. The van der Waals surface area contributed by atoms with Crippen LogP contribution >= 0.6 is 11.3 Å². The second kappa shape index (κ2) is 11.2. The Morgan fingerprint density at radius 2 is 2.15 bits per heavy atom. The maximum absolute atomic E-state index is 10.5. The topological polar surface area (TPSA) is 107 Å². The Hall–Kier alpha value is -1.67. The van der Waals surface area contributed by atoms with E-state index in [1.807, 2.05) is 29.0 Å². The van der Waals surface area contributed by atoms with Gasteiger partial charge in [0.25, 0.3) is 0 Å². The standard InChI is InChI=1S/C20H28O6S/c21-14(12-26-15-9-10-27-13-15)7-8-17-16(18(22)11-19(17)23)5-3-1-2-4-6-20(24)25/h1,3,7-10,13-14,16-19,21-23H,2,4-6,11-12H2,(H,24,25)/t14-,16-,17?,18?,19-/m1/s1. The van der Waals surface area contributed by atoms with Crippen molar-refractivity contribution in [3.8, 4) is 5.75 Å². The summed E-state index contributed by atoms with van der Waals surface area (Å²) in [6.07, 6.45) is 7.52. The third-order valence-electron chi connectivity index (χ3n) is 4.72. The zero-order valence-corrected chi connectivity index (χ0v) is 16.0. The summed E-state index contributed by atoms with van der Waals surface area (Å²) in [5, 5.41) is 42.8. The number of hydrogen-bond acceptors (Lipinski definition) is 6. The van der Waals surface area contributed by atoms with E-state index in [1.54, 1.807) is 12.2 Å². The molecule has 5 atom stereocenters. The van der Waals surface area contributed by atoms with Gasteiger partial charge in [-0.2, -0.15) is 0 Å². The van der Waals surface area contributed by atoms with E-state index < -0.39 is 24.3 Å². The summed E-state index contributed by atoms with van der Waals surface area (Å²) in [6, 6.07) is 1.83. The first-order valence-corrected chi connectivity index (χ1v) is 10.2. The van der Waals surface area contributed by atoms with Crippen molar-refractivity contribution in [2.45, 2.75) is 50.4 Å². The number of ether oxygens (including phenoxy) is 1. The number of thiophene rings is 1. The van der Waals surface area contributed by atoms with Crippen LogP contribution in [0.3, 0.4) is 0 Å². The zero-order chi connectivity index (χ0) is 19.6. The molecule has 1 saturated carbocycles. The van der Waals surface area contributed by atoms with E-state index >= 15 is 0 Å². The maximum Gasteiger partial charge on any atom is 0.303 e. The molecule has 0 bridgehead atoms. The van der Waals surface area contributed by atoms with Gasteiger partial charge in [0.05, 0.1) is 12.2 Å². The average molecular weight is 397 g/mol. The van der Waals surface area contributed by atoms with Gasteiger partial charge in [0.2, 0.25) is 0 Å². The van der Waals surface area contributed by atoms with Crippen LogP contribution in [0.15, 0.2) is 41.1 Å². The molecule has 0 aromatic carbocycles. The van der Waals surface area contributed by atoms with Gasteiger partial charge in [-0.15, -0.1) is 11.3 Å². The van der Waals surface area contributed by atoms with Crippen molar-refractivity contribution in [1.29, 1.82) is 0 Å². The van der Waals surface area contributed by atoms with E-state index in [2.05, 4.69) is 0 Å². The molecule has 6 nitrogen and oxygen atoms in total. The first kappa shape index (κ1) is 21.6. The Morgan fingerprint density at radius 3 is 2.85 bits per heavy atom. The molecule has 1 aromatic rings. The van der Waals surface area contributed by atoms with E-state index in [9.17, 15) is 20.1 Å². The lowest BCUT2D eigenvalue weighted by Gasteiger charge is -2.19. The number of aliphatic hydroxyl groups excluding tert-OH is 3. The third-order valence-corrected chi connectivity index (χ3v) is 5.39. The molecule has 2 unspecified atom stereocenters. The van der Waals surface area contributed by atoms with Gasteiger partial charge in [0, 0.05) is 24.1 Å². The van der Waals surface area contributed by atoms with E-state index in [0.29, 0.717) is 25.7 Å². The van der Waals surface area contributed by atoms with Crippen LogP contribution in [-0.2, 0) is 4.79 Å². The predicted molar refractivity (Wildman–Crippen MR) is 104 cm³/mol. The summed E-state index contributed by atoms with van der Waals surface area (Å²) < 4.78 is 5.46. The SMILES string of the molecule is O=C(O)CCCC=CC[C@H]1C(O)C[C@@H](O)C1C=C[C@@H](O)COc1ccsc1. The van der Waals surface area contributed by atoms with Gasteiger partial charge >= 0.3 is 5.97 Å². The lowest BCUT2D eigenvalue weighted by Crippen LogP contribution is -2.21. The highest BCUT2D eigenvalue weighted by molar-refractivity contribution is 7.08. The normalized spacial score (nSPS) is 26.8. The van der Waals surface area contributed by atoms with E-state index in [4.69, 9.17) is 9.84 Å². The van der Waals surface area contributed by atoms with Crippen LogP contribution in [0.4, 0.5) is 0 Å². The molecule has 1 heterocycles. The van der Waals surface area contributed by atoms with Gasteiger partial charge in [-0.25, -0.2) is 0 Å². The molecule has 0 amide bonds. The van der Waals surface area contributed by atoms with Gasteiger partial charge in [0.15, 0.2) is 0 Å². The highest BCUT2D eigenvalue weighted by atomic mass is 32.1. The van der Waals surface area contributed by atoms with Crippen LogP contribution in [-0.4, -0.2) is 51.3 Å². The molecule has 0 radical (unpaired) electrons. The van der Waals surface area contributed by atoms with Crippen molar-refractivity contribution in [3.63, 3.8) is 0 Å². The van der Waals surface area contributed by atoms with E-state index in [1.165, 1.54) is 11.3 Å². The number of carboxylic acid groups (broad SMARTS) is 1. The smallest absolute Gasteiger partial charge is 0.303 e. The molecule has 0 spiro atoms. The van der Waals surface area contributed by atoms with Crippen molar-refractivity contribution < 1.29 is 30.0 Å². The fraction of sp³-hybridized carbons (Fsp3) is 0.550. The molecule has 0 aliphatic heterocycles. The van der Waals surface area contributed by atoms with E-state index in [-0.39, 0.29) is 24.9 Å². The van der Waals surface area contributed by atoms with E-state index in [0.717, 1.165) is 5.75 Å². The summed E-state index contributed by atoms with van der Waals surface area (Å²) in [7, 11) is 0. The van der Waals surface area contributed by atoms with Crippen LogP contribution in [0.2, 0.25) is 0 Å². The van der Waals surface area contributed by atoms with Crippen LogP contribution in [0.25, 0.3) is 0 Å². The molecule has 27 heavy (non-hydrogen) atoms. The molecule has 1 aromatic heterocycles. The Kier molecular flexibility index (Phi) is 9.00. The summed E-state index contributed by atoms with van der Waals surface area (Å²) in [5.74, 6) is -0.449. The number of carboxylic acids is 1. The van der Waals surface area contributed by atoms with Gasteiger partial charge in [-0.1, -0.05) is 24.3 Å². The Bertz CT molecular complexity index is 612. The second-order valence-electron chi connectivity index (χ2n) is 6.83. The molecule has 0 saturated heterocycles. The zero-order valence-electron chi connectivity index (χ0n) is 15.2. The Labute approximate surface area is 163 Å². The number of rotatable bonds is 11. The predicted octanol–water partition coefficient (Wildman–Crippen LogP) is 2.60. The van der Waals surface area contributed by atoms with Crippen molar-refractivity contribution in [1.82, 2.24) is 0 Å². The van der Waals surface area contributed by atoms with Gasteiger partial charge < -0.3 is 25.2 Å². The quantitative estimate of drug-likeness (QED) is 0.338. The molecule has 7 heteroatoms. The largest absolute Gasteiger partial charge is 0.490 e. The van der Waals surface area contributed by atoms with Gasteiger partial charge in [-0.3, -0.25) is 4.79 Å². The number of allylic oxidation sites excluding steroid dienone is 2. The highest BCUT2D eigenvalue weighted by Crippen LogP contribution is 2.36. The Morgan fingerprint density at radius 1 is 1.33 bits per heavy atom. The summed E-state index contributed by atoms with van der Waals surface area (Å²) in [4.78, 5) is 10.5. The number of aliphatic carboxylic acids is 1. The highest BCUT2D eigenvalue weighted by Gasteiger charge is 2.39. The summed E-state index contributed by atoms with van der Waals surface area (Å²) in [6.45, 7) is 0.132. The third kappa shape index (κ3) is 7.46. The lowest BCUT2D eigenvalue weighted by molar-refractivity contribution is -0.137. The maximum atomic E-state index is 10.5. The minimum absolute atomic E-state index is 0.128. The minimum Gasteiger partial charge on any atom is -0.490 e. The lowest BCUT2D eigenvalue weighted by atomic mass is 9.89. The van der Waals surface area contributed by atoms with Crippen LogP contribution in [0, 0.1) is 11.8 Å². The molecule has 1 fully saturated rings. The summed E-state index contributed by atoms with van der Waals surface area (Å²) in [5.41, 5.74) is 0. The number of hydrogen-bond donors (Lipinski definition) is 4. The molecule has 150 valence electrons. The first-order valence-electron chi connectivity index (χ1n) is 9.21. The van der Waals surface area contributed by atoms with Crippen molar-refractivity contribution in [3.05, 3.63) is 41.1 Å². The van der Waals surface area contributed by atoms with Crippen LogP contribution < -0.4 is 4.74 Å². The van der Waals surface area contributed by atoms with Crippen LogP contribution in [0.1, 0.15) is 32.1 Å². The van der Waals surface area contributed by atoms with Crippen molar-refractivity contribution in [2.75, 3.05) is 6.61 Å². The first-order chi connectivity index (χ1) is 13.0. The van der Waals surface area contributed by atoms with Gasteiger partial charge in [-0.05, 0) is 36.6 Å². The molecule has 1 aliphatic carbocycles. The van der Waals surface area contributed by atoms with Gasteiger partial charge in [0.1, 0.15) is 18.5 Å². The molecule has 2 rings (SSSR count). The van der Waals surface area contributed by atoms with Crippen LogP contribution in [0.5, 0.6) is 5.75 Å². The number of aliphatic hydroxyl groups is 3. The monoisotopic (exact) mass is 396 g/mol. The van der Waals surface area contributed by atoms with Crippen molar-refractivity contribution in [2.24, 2.45) is 11.8 Å². The molecule has 1 aliphatic rings. The van der Waals surface area contributed by atoms with Crippen molar-refractivity contribution >= 4 is 17.3 Å². The molecular formula is C20H28O6S. The fourth-order valence-electron chi connectivity index (χ4n) is 3.28. The minimum atomic E-state index is -0.801. The summed E-state index contributed by atoms with van der Waals surface area (Å²) >= 11 is 1.52. The molecule has 4 N–H and O–H groups in total. The second-order valence-corrected chi connectivity index (χ2v) is 7.61.